The van der Waals surface area contributed by atoms with Crippen LogP contribution in [0.15, 0.2) is 48.7 Å². The van der Waals surface area contributed by atoms with E-state index in [1.807, 2.05) is 30.3 Å². The van der Waals surface area contributed by atoms with Gasteiger partial charge in [-0.25, -0.2) is 4.79 Å². The molecule has 2 aliphatic heterocycles. The van der Waals surface area contributed by atoms with Crippen LogP contribution in [0.3, 0.4) is 0 Å². The Morgan fingerprint density at radius 1 is 1.14 bits per heavy atom. The average molecular weight is 509 g/mol. The number of rotatable bonds is 7. The van der Waals surface area contributed by atoms with Crippen LogP contribution in [0.4, 0.5) is 0 Å². The molecule has 4 rings (SSSR count). The highest BCUT2D eigenvalue weighted by Crippen LogP contribution is 2.52. The largest absolute Gasteiger partial charge is 0.472 e. The van der Waals surface area contributed by atoms with E-state index >= 15 is 0 Å². The first-order chi connectivity index (χ1) is 17.1. The SMILES string of the molecule is CO[C@@H]1C[C@](C)(OC(=O)C=Cc2ccccc2)[C@@H]2[C@H](O[C@@H]3O[C@H](CO)[C@@H](O)[C@H](O)[C@H]3O)OC=C[C@]21O. The molecule has 1 aliphatic carbocycles. The van der Waals surface area contributed by atoms with Gasteiger partial charge in [-0.1, -0.05) is 30.3 Å². The smallest absolute Gasteiger partial charge is 0.331 e. The first-order valence-electron chi connectivity index (χ1n) is 11.6. The van der Waals surface area contributed by atoms with E-state index in [1.165, 1.54) is 25.5 Å². The summed E-state index contributed by atoms with van der Waals surface area (Å²) in [6.45, 7) is 0.973. The number of benzene rings is 1. The second kappa shape index (κ2) is 10.6. The molecule has 0 radical (unpaired) electrons. The lowest BCUT2D eigenvalue weighted by molar-refractivity contribution is -0.351. The molecule has 0 unspecified atom stereocenters. The van der Waals surface area contributed by atoms with E-state index in [-0.39, 0.29) is 6.42 Å². The standard InChI is InChI=1S/C25H32O11/c1-24(36-17(27)9-8-14-6-4-3-5-7-14)12-16(32-2)25(31)10-11-33-23(21(24)25)35-22-20(30)19(29)18(28)15(13-26)34-22/h3-11,15-16,18-23,26,28-31H,12-13H2,1-2H3/t15-,16-,18-,19+,20-,21+,22+,23+,24+,25-/m1/s1. The lowest BCUT2D eigenvalue weighted by atomic mass is 9.81. The van der Waals surface area contributed by atoms with Crippen molar-refractivity contribution in [1.29, 1.82) is 0 Å². The number of esters is 1. The summed E-state index contributed by atoms with van der Waals surface area (Å²) in [4.78, 5) is 12.8. The number of carbonyl (C=O) groups excluding carboxylic acids is 1. The predicted molar refractivity (Wildman–Crippen MR) is 123 cm³/mol. The Bertz CT molecular complexity index is 966. The molecule has 11 nitrogen and oxygen atoms in total. The van der Waals surface area contributed by atoms with E-state index in [2.05, 4.69) is 0 Å². The zero-order valence-electron chi connectivity index (χ0n) is 19.9. The summed E-state index contributed by atoms with van der Waals surface area (Å²) in [5.41, 5.74) is -2.23. The third-order valence-electron chi connectivity index (χ3n) is 7.03. The van der Waals surface area contributed by atoms with Crippen LogP contribution in [-0.4, -0.2) is 99.5 Å². The van der Waals surface area contributed by atoms with Crippen molar-refractivity contribution in [3.05, 3.63) is 54.3 Å². The highest BCUT2D eigenvalue weighted by atomic mass is 16.8. The molecular weight excluding hydrogens is 476 g/mol. The van der Waals surface area contributed by atoms with Gasteiger partial charge >= 0.3 is 5.97 Å². The molecule has 5 N–H and O–H groups in total. The molecule has 1 saturated heterocycles. The van der Waals surface area contributed by atoms with E-state index in [4.69, 9.17) is 23.7 Å². The highest BCUT2D eigenvalue weighted by molar-refractivity contribution is 5.87. The predicted octanol–water partition coefficient (Wildman–Crippen LogP) is -0.546. The molecule has 0 amide bonds. The third kappa shape index (κ3) is 4.93. The van der Waals surface area contributed by atoms with Crippen LogP contribution in [0.5, 0.6) is 0 Å². The van der Waals surface area contributed by atoms with Crippen LogP contribution in [-0.2, 0) is 28.5 Å². The summed E-state index contributed by atoms with van der Waals surface area (Å²) in [6, 6.07) is 9.17. The fourth-order valence-electron chi connectivity index (χ4n) is 5.16. The number of fused-ring (bicyclic) bond motifs is 1. The van der Waals surface area contributed by atoms with Gasteiger partial charge in [0.2, 0.25) is 6.29 Å². The summed E-state index contributed by atoms with van der Waals surface area (Å²) in [6.07, 6.45) is -4.20. The number of aliphatic hydroxyl groups is 5. The van der Waals surface area contributed by atoms with Crippen LogP contribution in [0.25, 0.3) is 6.08 Å². The van der Waals surface area contributed by atoms with Crippen LogP contribution >= 0.6 is 0 Å². The van der Waals surface area contributed by atoms with Gasteiger partial charge in [-0.3, -0.25) is 0 Å². The monoisotopic (exact) mass is 508 g/mol. The number of ether oxygens (including phenoxy) is 5. The summed E-state index contributed by atoms with van der Waals surface area (Å²) < 4.78 is 28.2. The van der Waals surface area contributed by atoms with Crippen molar-refractivity contribution in [2.75, 3.05) is 13.7 Å². The average Bonchev–Trinajstić information content (AvgIpc) is 3.10. The van der Waals surface area contributed by atoms with E-state index in [9.17, 15) is 30.3 Å². The molecule has 198 valence electrons. The minimum Gasteiger partial charge on any atom is -0.472 e. The van der Waals surface area contributed by atoms with Crippen molar-refractivity contribution in [3.63, 3.8) is 0 Å². The number of hydrogen-bond donors (Lipinski definition) is 5. The summed E-state index contributed by atoms with van der Waals surface area (Å²) in [5.74, 6) is -1.71. The molecule has 0 bridgehead atoms. The lowest BCUT2D eigenvalue weighted by Crippen LogP contribution is -2.62. The van der Waals surface area contributed by atoms with Gasteiger partial charge in [0.25, 0.3) is 0 Å². The maximum absolute atomic E-state index is 12.8. The Balaban J connectivity index is 1.58. The Morgan fingerprint density at radius 2 is 1.86 bits per heavy atom. The minimum absolute atomic E-state index is 0.0951. The van der Waals surface area contributed by atoms with Crippen LogP contribution in [0, 0.1) is 5.92 Å². The molecule has 10 atom stereocenters. The van der Waals surface area contributed by atoms with Crippen molar-refractivity contribution in [1.82, 2.24) is 0 Å². The molecular formula is C25H32O11. The van der Waals surface area contributed by atoms with Crippen molar-refractivity contribution < 1.29 is 54.0 Å². The number of hydrogen-bond acceptors (Lipinski definition) is 11. The summed E-state index contributed by atoms with van der Waals surface area (Å²) in [5, 5.41) is 51.6. The number of methoxy groups -OCH3 is 1. The van der Waals surface area contributed by atoms with Crippen LogP contribution < -0.4 is 0 Å². The van der Waals surface area contributed by atoms with Crippen molar-refractivity contribution >= 4 is 12.0 Å². The fourth-order valence-corrected chi connectivity index (χ4v) is 5.16. The van der Waals surface area contributed by atoms with Crippen molar-refractivity contribution in [3.8, 4) is 0 Å². The maximum atomic E-state index is 12.8. The molecule has 2 fully saturated rings. The van der Waals surface area contributed by atoms with Crippen molar-refractivity contribution in [2.24, 2.45) is 5.92 Å². The molecule has 1 aromatic rings. The van der Waals surface area contributed by atoms with Gasteiger partial charge in [0.05, 0.1) is 24.9 Å². The number of carbonyl (C=O) groups is 1. The topological polar surface area (TPSA) is 164 Å². The fraction of sp³-hybridized carbons (Fsp3) is 0.560. The first-order valence-corrected chi connectivity index (χ1v) is 11.6. The molecule has 0 aromatic heterocycles. The van der Waals surface area contributed by atoms with Gasteiger partial charge in [0.15, 0.2) is 6.29 Å². The van der Waals surface area contributed by atoms with Gasteiger partial charge < -0.3 is 49.2 Å². The Hall–Kier alpha value is -2.35. The first kappa shape index (κ1) is 26.7. The quantitative estimate of drug-likeness (QED) is 0.237. The van der Waals surface area contributed by atoms with Gasteiger partial charge in [0.1, 0.15) is 35.6 Å². The van der Waals surface area contributed by atoms with E-state index < -0.39 is 72.8 Å². The number of aliphatic hydroxyl groups excluding tert-OH is 4. The van der Waals surface area contributed by atoms with Crippen LogP contribution in [0.2, 0.25) is 0 Å². The molecule has 36 heavy (non-hydrogen) atoms. The summed E-state index contributed by atoms with van der Waals surface area (Å²) in [7, 11) is 1.42. The van der Waals surface area contributed by atoms with Gasteiger partial charge in [-0.05, 0) is 24.6 Å². The Morgan fingerprint density at radius 3 is 2.53 bits per heavy atom. The molecule has 1 saturated carbocycles. The van der Waals surface area contributed by atoms with Crippen LogP contribution in [0.1, 0.15) is 18.9 Å². The third-order valence-corrected chi connectivity index (χ3v) is 7.03. The van der Waals surface area contributed by atoms with Gasteiger partial charge in [-0.2, -0.15) is 0 Å². The molecule has 1 aromatic carbocycles. The van der Waals surface area contributed by atoms with Gasteiger partial charge in [-0.15, -0.1) is 0 Å². The zero-order chi connectivity index (χ0) is 26.1. The lowest BCUT2D eigenvalue weighted by Gasteiger charge is -2.46. The second-order valence-electron chi connectivity index (χ2n) is 9.41. The van der Waals surface area contributed by atoms with Crippen molar-refractivity contribution in [2.45, 2.75) is 67.6 Å². The second-order valence-corrected chi connectivity index (χ2v) is 9.41. The molecule has 11 heteroatoms. The van der Waals surface area contributed by atoms with Gasteiger partial charge in [0, 0.05) is 19.6 Å². The molecule has 0 spiro atoms. The summed E-state index contributed by atoms with van der Waals surface area (Å²) >= 11 is 0. The van der Waals surface area contributed by atoms with E-state index in [1.54, 1.807) is 13.0 Å². The molecule has 2 heterocycles. The minimum atomic E-state index is -1.69. The Labute approximate surface area is 208 Å². The molecule has 3 aliphatic rings. The normalized spacial score (nSPS) is 42.2. The van der Waals surface area contributed by atoms with E-state index in [0.29, 0.717) is 0 Å². The Kier molecular flexibility index (Phi) is 7.83. The highest BCUT2D eigenvalue weighted by Gasteiger charge is 2.67. The zero-order valence-corrected chi connectivity index (χ0v) is 19.9. The maximum Gasteiger partial charge on any atom is 0.331 e. The van der Waals surface area contributed by atoms with E-state index in [0.717, 1.165) is 5.56 Å².